The summed E-state index contributed by atoms with van der Waals surface area (Å²) in [5, 5.41) is 1.09. The SMILES string of the molecule is Nc1ccc(Cc2ccc3ccccc3n2)c(F)c1. The van der Waals surface area contributed by atoms with Gasteiger partial charge in [-0.15, -0.1) is 0 Å². The molecule has 94 valence electrons. The third-order valence-corrected chi connectivity index (χ3v) is 3.10. The van der Waals surface area contributed by atoms with E-state index < -0.39 is 0 Å². The molecule has 3 heteroatoms. The van der Waals surface area contributed by atoms with Gasteiger partial charge >= 0.3 is 0 Å². The van der Waals surface area contributed by atoms with E-state index in [1.165, 1.54) is 6.07 Å². The Morgan fingerprint density at radius 1 is 1.00 bits per heavy atom. The summed E-state index contributed by atoms with van der Waals surface area (Å²) in [6.07, 6.45) is 0.469. The lowest BCUT2D eigenvalue weighted by molar-refractivity contribution is 0.614. The Labute approximate surface area is 110 Å². The smallest absolute Gasteiger partial charge is 0.128 e. The highest BCUT2D eigenvalue weighted by molar-refractivity contribution is 5.78. The van der Waals surface area contributed by atoms with Gasteiger partial charge < -0.3 is 5.73 Å². The van der Waals surface area contributed by atoms with Crippen molar-refractivity contribution in [2.45, 2.75) is 6.42 Å². The standard InChI is InChI=1S/C16H13FN2/c17-15-10-13(18)7-5-12(15)9-14-8-6-11-3-1-2-4-16(11)19-14/h1-8,10H,9,18H2. The van der Waals surface area contributed by atoms with Crippen molar-refractivity contribution in [1.29, 1.82) is 0 Å². The van der Waals surface area contributed by atoms with Crippen LogP contribution in [-0.2, 0) is 6.42 Å². The molecular weight excluding hydrogens is 239 g/mol. The Morgan fingerprint density at radius 3 is 2.68 bits per heavy atom. The molecule has 0 spiro atoms. The van der Waals surface area contributed by atoms with Crippen molar-refractivity contribution in [2.75, 3.05) is 5.73 Å². The van der Waals surface area contributed by atoms with E-state index in [1.54, 1.807) is 12.1 Å². The maximum absolute atomic E-state index is 13.7. The molecule has 0 fully saturated rings. The van der Waals surface area contributed by atoms with Gasteiger partial charge in [0.05, 0.1) is 5.52 Å². The van der Waals surface area contributed by atoms with Crippen molar-refractivity contribution >= 4 is 16.6 Å². The van der Waals surface area contributed by atoms with Crippen LogP contribution in [0, 0.1) is 5.82 Å². The maximum Gasteiger partial charge on any atom is 0.128 e. The molecule has 2 N–H and O–H groups in total. The van der Waals surface area contributed by atoms with Crippen molar-refractivity contribution in [3.63, 3.8) is 0 Å². The summed E-state index contributed by atoms with van der Waals surface area (Å²) >= 11 is 0. The van der Waals surface area contributed by atoms with Gasteiger partial charge in [0, 0.05) is 23.2 Å². The highest BCUT2D eigenvalue weighted by atomic mass is 19.1. The quantitative estimate of drug-likeness (QED) is 0.708. The van der Waals surface area contributed by atoms with E-state index in [1.807, 2.05) is 36.4 Å². The summed E-state index contributed by atoms with van der Waals surface area (Å²) in [4.78, 5) is 4.54. The van der Waals surface area contributed by atoms with E-state index >= 15 is 0 Å². The number of pyridine rings is 1. The molecule has 0 unspecified atom stereocenters. The third-order valence-electron chi connectivity index (χ3n) is 3.10. The number of nitrogen functional groups attached to an aromatic ring is 1. The molecule has 0 bridgehead atoms. The first-order valence-corrected chi connectivity index (χ1v) is 6.11. The monoisotopic (exact) mass is 252 g/mol. The number of para-hydroxylation sites is 1. The average Bonchev–Trinajstić information content (AvgIpc) is 2.42. The predicted octanol–water partition coefficient (Wildman–Crippen LogP) is 3.55. The van der Waals surface area contributed by atoms with Crippen LogP contribution >= 0.6 is 0 Å². The fraction of sp³-hybridized carbons (Fsp3) is 0.0625. The van der Waals surface area contributed by atoms with Crippen LogP contribution in [0.4, 0.5) is 10.1 Å². The number of hydrogen-bond acceptors (Lipinski definition) is 2. The van der Waals surface area contributed by atoms with Crippen LogP contribution in [0.5, 0.6) is 0 Å². The van der Waals surface area contributed by atoms with Crippen LogP contribution in [0.1, 0.15) is 11.3 Å². The molecule has 19 heavy (non-hydrogen) atoms. The van der Waals surface area contributed by atoms with Gasteiger partial charge in [-0.1, -0.05) is 30.3 Å². The van der Waals surface area contributed by atoms with Crippen LogP contribution < -0.4 is 5.73 Å². The Balaban J connectivity index is 1.96. The van der Waals surface area contributed by atoms with Gasteiger partial charge in [-0.25, -0.2) is 4.39 Å². The normalized spacial score (nSPS) is 10.8. The van der Waals surface area contributed by atoms with Gasteiger partial charge in [0.2, 0.25) is 0 Å². The van der Waals surface area contributed by atoms with E-state index in [9.17, 15) is 4.39 Å². The van der Waals surface area contributed by atoms with Crippen molar-refractivity contribution in [2.24, 2.45) is 0 Å². The highest BCUT2D eigenvalue weighted by Crippen LogP contribution is 2.17. The fourth-order valence-electron chi connectivity index (χ4n) is 2.11. The molecule has 0 amide bonds. The topological polar surface area (TPSA) is 38.9 Å². The van der Waals surface area contributed by atoms with E-state index in [4.69, 9.17) is 5.73 Å². The molecule has 3 aromatic rings. The van der Waals surface area contributed by atoms with Crippen molar-refractivity contribution < 1.29 is 4.39 Å². The van der Waals surface area contributed by atoms with E-state index in [0.717, 1.165) is 16.6 Å². The van der Waals surface area contributed by atoms with Crippen LogP contribution in [0.15, 0.2) is 54.6 Å². The van der Waals surface area contributed by atoms with Gasteiger partial charge in [0.25, 0.3) is 0 Å². The molecule has 0 radical (unpaired) electrons. The Hall–Kier alpha value is -2.42. The van der Waals surface area contributed by atoms with Crippen molar-refractivity contribution in [1.82, 2.24) is 4.98 Å². The van der Waals surface area contributed by atoms with E-state index in [0.29, 0.717) is 17.7 Å². The number of benzene rings is 2. The molecule has 2 aromatic carbocycles. The zero-order chi connectivity index (χ0) is 13.2. The molecule has 1 aromatic heterocycles. The van der Waals surface area contributed by atoms with Crippen LogP contribution in [0.2, 0.25) is 0 Å². The largest absolute Gasteiger partial charge is 0.399 e. The second kappa shape index (κ2) is 4.69. The molecule has 3 rings (SSSR count). The number of nitrogens with zero attached hydrogens (tertiary/aromatic N) is 1. The number of hydrogen-bond donors (Lipinski definition) is 1. The van der Waals surface area contributed by atoms with Gasteiger partial charge in [-0.05, 0) is 29.8 Å². The van der Waals surface area contributed by atoms with E-state index in [2.05, 4.69) is 4.98 Å². The van der Waals surface area contributed by atoms with Crippen molar-refractivity contribution in [3.05, 3.63) is 71.7 Å². The third kappa shape index (κ3) is 2.40. The maximum atomic E-state index is 13.7. The first-order valence-electron chi connectivity index (χ1n) is 6.11. The molecule has 0 aliphatic heterocycles. The summed E-state index contributed by atoms with van der Waals surface area (Å²) in [6, 6.07) is 16.6. The zero-order valence-corrected chi connectivity index (χ0v) is 10.3. The lowest BCUT2D eigenvalue weighted by Gasteiger charge is -2.05. The van der Waals surface area contributed by atoms with Gasteiger partial charge in [-0.2, -0.15) is 0 Å². The minimum atomic E-state index is -0.282. The predicted molar refractivity (Wildman–Crippen MR) is 75.4 cm³/mol. The number of rotatable bonds is 2. The molecule has 0 atom stereocenters. The number of nitrogens with two attached hydrogens (primary N) is 1. The van der Waals surface area contributed by atoms with Gasteiger partial charge in [0.1, 0.15) is 5.82 Å². The first kappa shape index (κ1) is 11.7. The number of anilines is 1. The summed E-state index contributed by atoms with van der Waals surface area (Å²) in [7, 11) is 0. The molecule has 1 heterocycles. The number of aromatic nitrogens is 1. The number of fused-ring (bicyclic) bond motifs is 1. The zero-order valence-electron chi connectivity index (χ0n) is 10.3. The fourth-order valence-corrected chi connectivity index (χ4v) is 2.11. The Morgan fingerprint density at radius 2 is 1.84 bits per heavy atom. The molecule has 0 saturated carbocycles. The number of halogens is 1. The lowest BCUT2D eigenvalue weighted by atomic mass is 10.1. The Bertz CT molecular complexity index is 738. The summed E-state index contributed by atoms with van der Waals surface area (Å²) in [6.45, 7) is 0. The van der Waals surface area contributed by atoms with Crippen molar-refractivity contribution in [3.8, 4) is 0 Å². The molecule has 2 nitrogen and oxygen atoms in total. The van der Waals surface area contributed by atoms with Crippen LogP contribution in [0.25, 0.3) is 10.9 Å². The second-order valence-electron chi connectivity index (χ2n) is 4.52. The van der Waals surface area contributed by atoms with E-state index in [-0.39, 0.29) is 5.82 Å². The van der Waals surface area contributed by atoms with Gasteiger partial charge in [-0.3, -0.25) is 4.98 Å². The Kier molecular flexibility index (Phi) is 2.88. The molecular formula is C16H13FN2. The first-order chi connectivity index (χ1) is 9.22. The van der Waals surface area contributed by atoms with Gasteiger partial charge in [0.15, 0.2) is 0 Å². The minimum Gasteiger partial charge on any atom is -0.399 e. The average molecular weight is 252 g/mol. The summed E-state index contributed by atoms with van der Waals surface area (Å²) in [5.74, 6) is -0.282. The molecule has 0 saturated heterocycles. The molecule has 0 aliphatic carbocycles. The van der Waals surface area contributed by atoms with Crippen LogP contribution in [0.3, 0.4) is 0 Å². The lowest BCUT2D eigenvalue weighted by Crippen LogP contribution is -1.97. The van der Waals surface area contributed by atoms with Crippen LogP contribution in [-0.4, -0.2) is 4.98 Å². The summed E-state index contributed by atoms with van der Waals surface area (Å²) < 4.78 is 13.7. The highest BCUT2D eigenvalue weighted by Gasteiger charge is 2.05. The molecule has 0 aliphatic rings. The summed E-state index contributed by atoms with van der Waals surface area (Å²) in [5.41, 5.74) is 8.36. The second-order valence-corrected chi connectivity index (χ2v) is 4.52. The minimum absolute atomic E-state index is 0.282.